The summed E-state index contributed by atoms with van der Waals surface area (Å²) in [4.78, 5) is 14.5. The molecule has 0 radical (unpaired) electrons. The summed E-state index contributed by atoms with van der Waals surface area (Å²) in [6.45, 7) is 0. The molecule has 1 aliphatic carbocycles. The maximum absolute atomic E-state index is 11.0. The van der Waals surface area contributed by atoms with Gasteiger partial charge in [-0.25, -0.2) is 4.79 Å². The predicted octanol–water partition coefficient (Wildman–Crippen LogP) is 5.30. The molecule has 2 N–H and O–H groups in total. The van der Waals surface area contributed by atoms with Crippen LogP contribution in [0.3, 0.4) is 0 Å². The van der Waals surface area contributed by atoms with Crippen molar-refractivity contribution >= 4 is 16.7 Å². The number of H-pyrrole nitrogens is 1. The lowest BCUT2D eigenvalue weighted by atomic mass is 9.98. The number of carbonyl (C=O) groups is 1. The summed E-state index contributed by atoms with van der Waals surface area (Å²) in [5.74, 6) is -0.906. The Morgan fingerprint density at radius 3 is 2.31 bits per heavy atom. The summed E-state index contributed by atoms with van der Waals surface area (Å²) in [7, 11) is 0. The molecule has 26 heavy (non-hydrogen) atoms. The minimum absolute atomic E-state index is 0.299. The molecule has 5 rings (SSSR count). The first kappa shape index (κ1) is 15.0. The number of aryl methyl sites for hydroxylation is 2. The van der Waals surface area contributed by atoms with Crippen molar-refractivity contribution in [3.05, 3.63) is 83.4 Å². The third-order valence-electron chi connectivity index (χ3n) is 5.30. The minimum Gasteiger partial charge on any atom is -0.478 e. The number of hydrogen-bond acceptors (Lipinski definition) is 1. The normalized spacial score (nSPS) is 12.6. The average Bonchev–Trinajstić information content (AvgIpc) is 3.31. The third kappa shape index (κ3) is 2.25. The standard InChI is InChI=1S/C23H17NO2/c25-23(26)17-8-4-14(5-9-17)20-12-13-21(24-20)18-11-10-16-7-6-15-2-1-3-19(18)22(15)16/h1-5,8-13,24H,6-7H2,(H,25,26). The van der Waals surface area contributed by atoms with E-state index >= 15 is 0 Å². The van der Waals surface area contributed by atoms with Crippen molar-refractivity contribution in [1.29, 1.82) is 0 Å². The van der Waals surface area contributed by atoms with Gasteiger partial charge in [-0.1, -0.05) is 42.5 Å². The van der Waals surface area contributed by atoms with Crippen LogP contribution in [0.1, 0.15) is 21.5 Å². The van der Waals surface area contributed by atoms with E-state index < -0.39 is 5.97 Å². The van der Waals surface area contributed by atoms with E-state index in [1.54, 1.807) is 12.1 Å². The molecule has 0 bridgehead atoms. The van der Waals surface area contributed by atoms with Crippen LogP contribution >= 0.6 is 0 Å². The molecule has 0 atom stereocenters. The van der Waals surface area contributed by atoms with Crippen molar-refractivity contribution in [3.8, 4) is 22.5 Å². The highest BCUT2D eigenvalue weighted by Crippen LogP contribution is 2.37. The molecule has 0 aliphatic heterocycles. The lowest BCUT2D eigenvalue weighted by molar-refractivity contribution is 0.0697. The van der Waals surface area contributed by atoms with Gasteiger partial charge < -0.3 is 10.1 Å². The molecule has 3 nitrogen and oxygen atoms in total. The predicted molar refractivity (Wildman–Crippen MR) is 104 cm³/mol. The molecule has 1 heterocycles. The maximum Gasteiger partial charge on any atom is 0.335 e. The Morgan fingerprint density at radius 2 is 1.54 bits per heavy atom. The van der Waals surface area contributed by atoms with E-state index in [1.807, 2.05) is 18.2 Å². The minimum atomic E-state index is -0.906. The first-order chi connectivity index (χ1) is 12.7. The molecular weight excluding hydrogens is 322 g/mol. The molecule has 0 unspecified atom stereocenters. The topological polar surface area (TPSA) is 53.1 Å². The zero-order valence-corrected chi connectivity index (χ0v) is 14.1. The van der Waals surface area contributed by atoms with E-state index in [-0.39, 0.29) is 0 Å². The number of aromatic carboxylic acids is 1. The summed E-state index contributed by atoms with van der Waals surface area (Å²) in [5, 5.41) is 11.7. The lowest BCUT2D eigenvalue weighted by Gasteiger charge is -2.08. The monoisotopic (exact) mass is 339 g/mol. The lowest BCUT2D eigenvalue weighted by Crippen LogP contribution is -1.94. The van der Waals surface area contributed by atoms with Crippen molar-refractivity contribution in [1.82, 2.24) is 4.98 Å². The molecular formula is C23H17NO2. The van der Waals surface area contributed by atoms with Gasteiger partial charge in [-0.2, -0.15) is 0 Å². The van der Waals surface area contributed by atoms with E-state index in [1.165, 1.54) is 27.5 Å². The summed E-state index contributed by atoms with van der Waals surface area (Å²) in [6.07, 6.45) is 2.25. The highest BCUT2D eigenvalue weighted by molar-refractivity contribution is 6.01. The molecule has 126 valence electrons. The van der Waals surface area contributed by atoms with Gasteiger partial charge in [-0.05, 0) is 64.6 Å². The summed E-state index contributed by atoms with van der Waals surface area (Å²) in [6, 6.07) is 22.1. The molecule has 0 spiro atoms. The number of nitrogens with one attached hydrogen (secondary N) is 1. The van der Waals surface area contributed by atoms with Gasteiger partial charge in [0, 0.05) is 17.0 Å². The SMILES string of the molecule is O=C(O)c1ccc(-c2ccc(-c3ccc4c5c(cccc35)CC4)[nH]2)cc1. The Bertz CT molecular complexity index is 1140. The number of carboxylic acid groups (broad SMARTS) is 1. The molecule has 0 saturated carbocycles. The first-order valence-corrected chi connectivity index (χ1v) is 8.77. The van der Waals surface area contributed by atoms with Crippen molar-refractivity contribution in [2.75, 3.05) is 0 Å². The summed E-state index contributed by atoms with van der Waals surface area (Å²) in [5.41, 5.74) is 7.44. The zero-order chi connectivity index (χ0) is 17.7. The van der Waals surface area contributed by atoms with Gasteiger partial charge in [0.2, 0.25) is 0 Å². The van der Waals surface area contributed by atoms with Crippen LogP contribution in [0.15, 0.2) is 66.7 Å². The van der Waals surface area contributed by atoms with Crippen molar-refractivity contribution < 1.29 is 9.90 Å². The molecule has 0 saturated heterocycles. The van der Waals surface area contributed by atoms with E-state index in [2.05, 4.69) is 41.4 Å². The molecule has 0 amide bonds. The van der Waals surface area contributed by atoms with E-state index in [0.717, 1.165) is 29.8 Å². The Morgan fingerprint density at radius 1 is 0.808 bits per heavy atom. The van der Waals surface area contributed by atoms with Crippen molar-refractivity contribution in [2.45, 2.75) is 12.8 Å². The highest BCUT2D eigenvalue weighted by Gasteiger charge is 2.17. The maximum atomic E-state index is 11.0. The van der Waals surface area contributed by atoms with Crippen LogP contribution in [0.5, 0.6) is 0 Å². The molecule has 1 aliphatic rings. The molecule has 0 fully saturated rings. The number of carboxylic acids is 1. The largest absolute Gasteiger partial charge is 0.478 e. The zero-order valence-electron chi connectivity index (χ0n) is 14.1. The van der Waals surface area contributed by atoms with Crippen LogP contribution in [-0.4, -0.2) is 16.1 Å². The smallest absolute Gasteiger partial charge is 0.335 e. The second-order valence-corrected chi connectivity index (χ2v) is 6.78. The van der Waals surface area contributed by atoms with Gasteiger partial charge in [-0.15, -0.1) is 0 Å². The number of hydrogen-bond donors (Lipinski definition) is 2. The fourth-order valence-electron chi connectivity index (χ4n) is 3.99. The molecule has 1 aromatic heterocycles. The van der Waals surface area contributed by atoms with Crippen LogP contribution in [0.4, 0.5) is 0 Å². The Balaban J connectivity index is 1.59. The number of benzene rings is 3. The Hall–Kier alpha value is -3.33. The number of aromatic nitrogens is 1. The van der Waals surface area contributed by atoms with Crippen molar-refractivity contribution in [3.63, 3.8) is 0 Å². The average molecular weight is 339 g/mol. The van der Waals surface area contributed by atoms with Gasteiger partial charge in [-0.3, -0.25) is 0 Å². The van der Waals surface area contributed by atoms with Gasteiger partial charge in [0.05, 0.1) is 5.56 Å². The summed E-state index contributed by atoms with van der Waals surface area (Å²) < 4.78 is 0. The van der Waals surface area contributed by atoms with E-state index in [9.17, 15) is 4.79 Å². The third-order valence-corrected chi connectivity index (χ3v) is 5.30. The molecule has 4 aromatic rings. The van der Waals surface area contributed by atoms with E-state index in [4.69, 9.17) is 5.11 Å². The van der Waals surface area contributed by atoms with Gasteiger partial charge in [0.1, 0.15) is 0 Å². The summed E-state index contributed by atoms with van der Waals surface area (Å²) >= 11 is 0. The number of aromatic amines is 1. The highest BCUT2D eigenvalue weighted by atomic mass is 16.4. The van der Waals surface area contributed by atoms with E-state index in [0.29, 0.717) is 5.56 Å². The van der Waals surface area contributed by atoms with Crippen LogP contribution in [-0.2, 0) is 12.8 Å². The molecule has 3 heteroatoms. The Labute approximate surface area is 150 Å². The fraction of sp³-hybridized carbons (Fsp3) is 0.0870. The molecule has 3 aromatic carbocycles. The van der Waals surface area contributed by atoms with Crippen LogP contribution in [0.25, 0.3) is 33.3 Å². The van der Waals surface area contributed by atoms with Crippen LogP contribution in [0, 0.1) is 0 Å². The second-order valence-electron chi connectivity index (χ2n) is 6.78. The van der Waals surface area contributed by atoms with Gasteiger partial charge in [0.15, 0.2) is 0 Å². The number of rotatable bonds is 3. The first-order valence-electron chi connectivity index (χ1n) is 8.77. The van der Waals surface area contributed by atoms with Crippen LogP contribution in [0.2, 0.25) is 0 Å². The second kappa shape index (κ2) is 5.60. The quantitative estimate of drug-likeness (QED) is 0.532. The van der Waals surface area contributed by atoms with Crippen molar-refractivity contribution in [2.24, 2.45) is 0 Å². The fourth-order valence-corrected chi connectivity index (χ4v) is 3.99. The van der Waals surface area contributed by atoms with Crippen LogP contribution < -0.4 is 0 Å². The Kier molecular flexibility index (Phi) is 3.22. The van der Waals surface area contributed by atoms with Gasteiger partial charge >= 0.3 is 5.97 Å². The van der Waals surface area contributed by atoms with Gasteiger partial charge in [0.25, 0.3) is 0 Å².